The molecule has 1 aliphatic heterocycles. The van der Waals surface area contributed by atoms with E-state index < -0.39 is 17.6 Å². The monoisotopic (exact) mass is 477 g/mol. The van der Waals surface area contributed by atoms with Crippen LogP contribution in [0, 0.1) is 5.92 Å². The highest BCUT2D eigenvalue weighted by Gasteiger charge is 2.30. The quantitative estimate of drug-likeness (QED) is 0.407. The van der Waals surface area contributed by atoms with E-state index in [1.165, 1.54) is 16.8 Å². The first-order valence-electron chi connectivity index (χ1n) is 10.5. The highest BCUT2D eigenvalue weighted by molar-refractivity contribution is 5.94. The lowest BCUT2D eigenvalue weighted by Crippen LogP contribution is -2.34. The summed E-state index contributed by atoms with van der Waals surface area (Å²) >= 11 is 0. The van der Waals surface area contributed by atoms with Gasteiger partial charge in [0.2, 0.25) is 11.6 Å². The predicted molar refractivity (Wildman–Crippen MR) is 114 cm³/mol. The van der Waals surface area contributed by atoms with Crippen molar-refractivity contribution in [1.82, 2.24) is 35.6 Å². The van der Waals surface area contributed by atoms with Crippen LogP contribution in [0.4, 0.5) is 19.0 Å². The number of piperidine rings is 1. The van der Waals surface area contributed by atoms with Crippen LogP contribution in [0.3, 0.4) is 0 Å². The van der Waals surface area contributed by atoms with E-state index in [1.54, 1.807) is 0 Å². The molecule has 1 fully saturated rings. The number of rotatable bonds is 6. The molecule has 1 amide bonds. The summed E-state index contributed by atoms with van der Waals surface area (Å²) < 4.78 is 44.6. The van der Waals surface area contributed by atoms with Crippen molar-refractivity contribution < 1.29 is 22.6 Å². The van der Waals surface area contributed by atoms with Crippen molar-refractivity contribution >= 4 is 17.9 Å². The molecular formula is C20H22F3N9O2. The Morgan fingerprint density at radius 2 is 2.09 bits per heavy atom. The number of benzene rings is 1. The lowest BCUT2D eigenvalue weighted by Gasteiger charge is -2.30. The van der Waals surface area contributed by atoms with Crippen molar-refractivity contribution in [2.45, 2.75) is 32.5 Å². The Morgan fingerprint density at radius 1 is 1.32 bits per heavy atom. The SMILES string of the molecule is CC1CCN(Cc2c(C(=O)NN=Cc3cccc(C(F)(F)F)c3)nnn2-c2nonc2N)CC1. The van der Waals surface area contributed by atoms with Gasteiger partial charge in [-0.2, -0.15) is 23.0 Å². The molecule has 0 aliphatic carbocycles. The molecule has 1 aromatic carbocycles. The summed E-state index contributed by atoms with van der Waals surface area (Å²) in [6.45, 7) is 4.18. The van der Waals surface area contributed by atoms with Crippen LogP contribution in [-0.2, 0) is 12.7 Å². The minimum Gasteiger partial charge on any atom is -0.378 e. The summed E-state index contributed by atoms with van der Waals surface area (Å²) in [7, 11) is 0. The van der Waals surface area contributed by atoms with Crippen LogP contribution < -0.4 is 11.2 Å². The highest BCUT2D eigenvalue weighted by Crippen LogP contribution is 2.29. The first-order chi connectivity index (χ1) is 16.2. The summed E-state index contributed by atoms with van der Waals surface area (Å²) in [5.74, 6) is -0.000148. The fourth-order valence-corrected chi connectivity index (χ4v) is 3.57. The van der Waals surface area contributed by atoms with Gasteiger partial charge in [-0.25, -0.2) is 10.1 Å². The van der Waals surface area contributed by atoms with E-state index in [2.05, 4.69) is 47.6 Å². The van der Waals surface area contributed by atoms with E-state index in [4.69, 9.17) is 5.73 Å². The minimum atomic E-state index is -4.48. The summed E-state index contributed by atoms with van der Waals surface area (Å²) in [5.41, 5.74) is 7.81. The normalized spacial score (nSPS) is 15.8. The number of nitrogen functional groups attached to an aromatic ring is 1. The Hall–Kier alpha value is -3.81. The van der Waals surface area contributed by atoms with E-state index in [-0.39, 0.29) is 22.9 Å². The molecule has 34 heavy (non-hydrogen) atoms. The number of carbonyl (C=O) groups is 1. The number of nitrogens with one attached hydrogen (secondary N) is 1. The molecule has 11 nitrogen and oxygen atoms in total. The standard InChI is InChI=1S/C20H22F3N9O2/c1-12-5-7-31(8-6-12)11-15-16(26-30-32(15)18-17(24)28-34-29-18)19(33)27-25-10-13-3-2-4-14(9-13)20(21,22)23/h2-4,9-10,12H,5-8,11H2,1H3,(H2,24,28)(H,27,33). The Bertz CT molecular complexity index is 1180. The zero-order valence-corrected chi connectivity index (χ0v) is 18.2. The maximum absolute atomic E-state index is 12.9. The van der Waals surface area contributed by atoms with E-state index in [1.807, 2.05) is 0 Å². The van der Waals surface area contributed by atoms with Crippen LogP contribution in [0.1, 0.15) is 47.1 Å². The molecule has 4 rings (SSSR count). The molecule has 0 atom stereocenters. The second kappa shape index (κ2) is 9.59. The van der Waals surface area contributed by atoms with Crippen LogP contribution in [0.15, 0.2) is 34.0 Å². The molecule has 2 aromatic heterocycles. The van der Waals surface area contributed by atoms with Gasteiger partial charge < -0.3 is 5.73 Å². The largest absolute Gasteiger partial charge is 0.416 e. The first-order valence-corrected chi connectivity index (χ1v) is 10.5. The summed E-state index contributed by atoms with van der Waals surface area (Å²) in [6.07, 6.45) is -1.34. The maximum Gasteiger partial charge on any atom is 0.416 e. The van der Waals surface area contributed by atoms with Crippen molar-refractivity contribution in [3.8, 4) is 5.82 Å². The van der Waals surface area contributed by atoms with Gasteiger partial charge in [0, 0.05) is 6.54 Å². The average molecular weight is 477 g/mol. The number of carbonyl (C=O) groups excluding carboxylic acids is 1. The number of amides is 1. The van der Waals surface area contributed by atoms with Gasteiger partial charge in [-0.15, -0.1) is 5.10 Å². The average Bonchev–Trinajstić information content (AvgIpc) is 3.40. The first kappa shape index (κ1) is 23.4. The molecule has 14 heteroatoms. The lowest BCUT2D eigenvalue weighted by atomic mass is 9.99. The van der Waals surface area contributed by atoms with Gasteiger partial charge in [-0.1, -0.05) is 24.3 Å². The molecule has 3 aromatic rings. The summed E-state index contributed by atoms with van der Waals surface area (Å²) in [6, 6.07) is 4.57. The zero-order valence-electron chi connectivity index (χ0n) is 18.2. The summed E-state index contributed by atoms with van der Waals surface area (Å²) in [5, 5.41) is 19.0. The molecule has 0 unspecified atom stereocenters. The number of hydrogen-bond acceptors (Lipinski definition) is 9. The molecule has 0 spiro atoms. The molecule has 180 valence electrons. The van der Waals surface area contributed by atoms with Gasteiger partial charge in [0.05, 0.1) is 17.5 Å². The number of nitrogens with two attached hydrogens (primary N) is 1. The van der Waals surface area contributed by atoms with Crippen LogP contribution in [0.5, 0.6) is 0 Å². The van der Waals surface area contributed by atoms with Crippen molar-refractivity contribution in [1.29, 1.82) is 0 Å². The molecular weight excluding hydrogens is 455 g/mol. The Balaban J connectivity index is 1.54. The lowest BCUT2D eigenvalue weighted by molar-refractivity contribution is -0.137. The van der Waals surface area contributed by atoms with Gasteiger partial charge in [0.15, 0.2) is 5.69 Å². The second-order valence-corrected chi connectivity index (χ2v) is 8.05. The highest BCUT2D eigenvalue weighted by atomic mass is 19.4. The summed E-state index contributed by atoms with van der Waals surface area (Å²) in [4.78, 5) is 15.0. The number of anilines is 1. The van der Waals surface area contributed by atoms with Crippen LogP contribution >= 0.6 is 0 Å². The van der Waals surface area contributed by atoms with E-state index in [0.717, 1.165) is 44.3 Å². The molecule has 3 heterocycles. The van der Waals surface area contributed by atoms with Gasteiger partial charge in [0.1, 0.15) is 0 Å². The van der Waals surface area contributed by atoms with Crippen LogP contribution in [-0.4, -0.2) is 55.4 Å². The van der Waals surface area contributed by atoms with E-state index in [9.17, 15) is 18.0 Å². The van der Waals surface area contributed by atoms with E-state index in [0.29, 0.717) is 18.2 Å². The Kier molecular flexibility index (Phi) is 6.58. The van der Waals surface area contributed by atoms with Crippen LogP contribution in [0.25, 0.3) is 5.82 Å². The molecule has 1 saturated heterocycles. The van der Waals surface area contributed by atoms with Crippen molar-refractivity contribution in [3.05, 3.63) is 46.8 Å². The number of alkyl halides is 3. The maximum atomic E-state index is 12.9. The molecule has 3 N–H and O–H groups in total. The number of aromatic nitrogens is 5. The van der Waals surface area contributed by atoms with Crippen LogP contribution in [0.2, 0.25) is 0 Å². The number of hydrogen-bond donors (Lipinski definition) is 2. The fraction of sp³-hybridized carbons (Fsp3) is 0.400. The number of likely N-dealkylation sites (tertiary alicyclic amines) is 1. The Morgan fingerprint density at radius 3 is 2.76 bits per heavy atom. The minimum absolute atomic E-state index is 0.0204. The molecule has 1 aliphatic rings. The number of nitrogens with zero attached hydrogens (tertiary/aromatic N) is 7. The number of hydrazone groups is 1. The third-order valence-corrected chi connectivity index (χ3v) is 5.52. The Labute approximate surface area is 191 Å². The third kappa shape index (κ3) is 5.22. The second-order valence-electron chi connectivity index (χ2n) is 8.05. The molecule has 0 bridgehead atoms. The number of halogens is 3. The van der Waals surface area contributed by atoms with Crippen molar-refractivity contribution in [2.75, 3.05) is 18.8 Å². The van der Waals surface area contributed by atoms with Gasteiger partial charge >= 0.3 is 6.18 Å². The van der Waals surface area contributed by atoms with Gasteiger partial charge in [-0.3, -0.25) is 9.69 Å². The third-order valence-electron chi connectivity index (χ3n) is 5.52. The van der Waals surface area contributed by atoms with Crippen molar-refractivity contribution in [2.24, 2.45) is 11.0 Å². The molecule has 0 radical (unpaired) electrons. The topological polar surface area (TPSA) is 140 Å². The van der Waals surface area contributed by atoms with Gasteiger partial charge in [-0.05, 0) is 59.9 Å². The van der Waals surface area contributed by atoms with Crippen molar-refractivity contribution in [3.63, 3.8) is 0 Å². The van der Waals surface area contributed by atoms with Gasteiger partial charge in [0.25, 0.3) is 5.91 Å². The predicted octanol–water partition coefficient (Wildman–Crippen LogP) is 2.25. The smallest absolute Gasteiger partial charge is 0.378 e. The zero-order chi connectivity index (χ0) is 24.3. The molecule has 0 saturated carbocycles. The van der Waals surface area contributed by atoms with E-state index >= 15 is 0 Å². The fourth-order valence-electron chi connectivity index (χ4n) is 3.57.